The molecule has 0 amide bonds. The molecule has 108 valence electrons. The third kappa shape index (κ3) is 2.43. The summed E-state index contributed by atoms with van der Waals surface area (Å²) in [6.45, 7) is 4.31. The van der Waals surface area contributed by atoms with E-state index in [0.29, 0.717) is 17.9 Å². The molecule has 1 aliphatic heterocycles. The van der Waals surface area contributed by atoms with Crippen LogP contribution in [0.4, 0.5) is 5.95 Å². The summed E-state index contributed by atoms with van der Waals surface area (Å²) in [5, 5.41) is 9.47. The normalized spacial score (nSPS) is 25.8. The smallest absolute Gasteiger partial charge is 0.220 e. The molecule has 0 fully saturated rings. The molecule has 2 aliphatic rings. The molecule has 0 saturated heterocycles. The van der Waals surface area contributed by atoms with Crippen molar-refractivity contribution < 1.29 is 5.11 Å². The Morgan fingerprint density at radius 2 is 2.30 bits per heavy atom. The second-order valence-corrected chi connectivity index (χ2v) is 5.79. The predicted molar refractivity (Wildman–Crippen MR) is 78.2 cm³/mol. The Kier molecular flexibility index (Phi) is 3.72. The van der Waals surface area contributed by atoms with Crippen LogP contribution in [0.25, 0.3) is 0 Å². The molecule has 1 aromatic rings. The Labute approximate surface area is 119 Å². The van der Waals surface area contributed by atoms with Gasteiger partial charge in [-0.1, -0.05) is 13.0 Å². The van der Waals surface area contributed by atoms with Gasteiger partial charge in [-0.15, -0.1) is 0 Å². The van der Waals surface area contributed by atoms with E-state index in [0.717, 1.165) is 43.6 Å². The third-order valence-corrected chi connectivity index (χ3v) is 4.36. The summed E-state index contributed by atoms with van der Waals surface area (Å²) in [6, 6.07) is 0.505. The minimum Gasteiger partial charge on any atom is -0.392 e. The second kappa shape index (κ2) is 5.50. The number of rotatable bonds is 3. The molecular formula is C15H22N4O. The monoisotopic (exact) mass is 274 g/mol. The molecule has 2 heterocycles. The van der Waals surface area contributed by atoms with Crippen LogP contribution in [-0.2, 0) is 12.8 Å². The maximum absolute atomic E-state index is 9.47. The fourth-order valence-corrected chi connectivity index (χ4v) is 3.48. The van der Waals surface area contributed by atoms with Gasteiger partial charge in [-0.25, -0.2) is 9.97 Å². The van der Waals surface area contributed by atoms with Crippen LogP contribution in [0.2, 0.25) is 0 Å². The molecule has 1 aliphatic carbocycles. The lowest BCUT2D eigenvalue weighted by molar-refractivity contribution is 0.140. The highest BCUT2D eigenvalue weighted by atomic mass is 16.3. The van der Waals surface area contributed by atoms with Crippen LogP contribution in [0.1, 0.15) is 24.6 Å². The van der Waals surface area contributed by atoms with Crippen molar-refractivity contribution in [1.82, 2.24) is 14.9 Å². The average Bonchev–Trinajstić information content (AvgIpc) is 2.45. The Morgan fingerprint density at radius 1 is 1.45 bits per heavy atom. The quantitative estimate of drug-likeness (QED) is 0.797. The van der Waals surface area contributed by atoms with Gasteiger partial charge >= 0.3 is 0 Å². The SMILES string of the molecule is CCCN1CC(CO)=C[C@H]2Cc3nc(N)ncc3C[C@@H]21. The van der Waals surface area contributed by atoms with Crippen LogP contribution in [-0.4, -0.2) is 45.7 Å². The number of nitrogens with zero attached hydrogens (tertiary/aromatic N) is 3. The zero-order valence-corrected chi connectivity index (χ0v) is 11.9. The number of nitrogen functional groups attached to an aromatic ring is 1. The summed E-state index contributed by atoms with van der Waals surface area (Å²) in [5.41, 5.74) is 9.12. The number of aliphatic hydroxyl groups is 1. The lowest BCUT2D eigenvalue weighted by Gasteiger charge is -2.43. The van der Waals surface area contributed by atoms with Crippen molar-refractivity contribution in [2.75, 3.05) is 25.4 Å². The summed E-state index contributed by atoms with van der Waals surface area (Å²) in [6.07, 6.45) is 7.14. The van der Waals surface area contributed by atoms with Crippen LogP contribution in [0, 0.1) is 5.92 Å². The van der Waals surface area contributed by atoms with Gasteiger partial charge in [-0.05, 0) is 42.9 Å². The minimum absolute atomic E-state index is 0.155. The molecule has 1 aromatic heterocycles. The molecule has 0 bridgehead atoms. The van der Waals surface area contributed by atoms with Crippen LogP contribution >= 0.6 is 0 Å². The molecule has 3 rings (SSSR count). The van der Waals surface area contributed by atoms with Crippen molar-refractivity contribution in [3.05, 3.63) is 29.1 Å². The van der Waals surface area contributed by atoms with E-state index >= 15 is 0 Å². The zero-order chi connectivity index (χ0) is 14.1. The first kappa shape index (κ1) is 13.5. The Morgan fingerprint density at radius 3 is 3.05 bits per heavy atom. The first-order valence-corrected chi connectivity index (χ1v) is 7.36. The summed E-state index contributed by atoms with van der Waals surface area (Å²) in [4.78, 5) is 11.0. The molecule has 0 saturated carbocycles. The van der Waals surface area contributed by atoms with Crippen molar-refractivity contribution in [3.8, 4) is 0 Å². The summed E-state index contributed by atoms with van der Waals surface area (Å²) in [7, 11) is 0. The highest BCUT2D eigenvalue weighted by Gasteiger charge is 2.35. The minimum atomic E-state index is 0.155. The van der Waals surface area contributed by atoms with Gasteiger partial charge in [0.25, 0.3) is 0 Å². The van der Waals surface area contributed by atoms with E-state index in [2.05, 4.69) is 27.9 Å². The van der Waals surface area contributed by atoms with Crippen LogP contribution < -0.4 is 5.73 Å². The van der Waals surface area contributed by atoms with Gasteiger partial charge in [0, 0.05) is 24.5 Å². The van der Waals surface area contributed by atoms with Crippen LogP contribution in [0.15, 0.2) is 17.8 Å². The number of fused-ring (bicyclic) bond motifs is 2. The lowest BCUT2D eigenvalue weighted by Crippen LogP contribution is -2.49. The predicted octanol–water partition coefficient (Wildman–Crippen LogP) is 0.786. The maximum Gasteiger partial charge on any atom is 0.220 e. The van der Waals surface area contributed by atoms with E-state index in [-0.39, 0.29) is 6.61 Å². The molecule has 0 aromatic carbocycles. The summed E-state index contributed by atoms with van der Waals surface area (Å²) >= 11 is 0. The van der Waals surface area contributed by atoms with Crippen molar-refractivity contribution in [2.24, 2.45) is 5.92 Å². The number of hydrogen-bond donors (Lipinski definition) is 2. The van der Waals surface area contributed by atoms with Gasteiger partial charge < -0.3 is 10.8 Å². The Balaban J connectivity index is 1.92. The standard InChI is InChI=1S/C15H22N4O/c1-2-3-19-8-10(9-20)4-11-5-13-12(6-14(11)19)7-17-15(16)18-13/h4,7,11,14,20H,2-3,5-6,8-9H2,1H3,(H2,16,17,18)/t11-,14-/m0/s1. The second-order valence-electron chi connectivity index (χ2n) is 5.79. The van der Waals surface area contributed by atoms with E-state index in [4.69, 9.17) is 5.73 Å². The van der Waals surface area contributed by atoms with Gasteiger partial charge in [-0.3, -0.25) is 4.90 Å². The molecular weight excluding hydrogens is 252 g/mol. The topological polar surface area (TPSA) is 75.3 Å². The van der Waals surface area contributed by atoms with E-state index in [1.807, 2.05) is 6.20 Å². The molecule has 5 heteroatoms. The molecule has 3 N–H and O–H groups in total. The van der Waals surface area contributed by atoms with E-state index in [1.165, 1.54) is 5.56 Å². The number of hydrogen-bond acceptors (Lipinski definition) is 5. The van der Waals surface area contributed by atoms with Gasteiger partial charge in [0.15, 0.2) is 0 Å². The van der Waals surface area contributed by atoms with Crippen LogP contribution in [0.5, 0.6) is 0 Å². The van der Waals surface area contributed by atoms with Gasteiger partial charge in [-0.2, -0.15) is 0 Å². The number of aliphatic hydroxyl groups excluding tert-OH is 1. The van der Waals surface area contributed by atoms with Crippen molar-refractivity contribution in [3.63, 3.8) is 0 Å². The maximum atomic E-state index is 9.47. The molecule has 20 heavy (non-hydrogen) atoms. The average molecular weight is 274 g/mol. The number of nitrogens with two attached hydrogens (primary N) is 1. The molecule has 0 unspecified atom stereocenters. The zero-order valence-electron chi connectivity index (χ0n) is 11.9. The number of aromatic nitrogens is 2. The Bertz CT molecular complexity index is 529. The van der Waals surface area contributed by atoms with E-state index in [1.54, 1.807) is 0 Å². The fourth-order valence-electron chi connectivity index (χ4n) is 3.48. The lowest BCUT2D eigenvalue weighted by atomic mass is 9.79. The molecule has 0 spiro atoms. The third-order valence-electron chi connectivity index (χ3n) is 4.36. The molecule has 0 radical (unpaired) electrons. The molecule has 2 atom stereocenters. The highest BCUT2D eigenvalue weighted by molar-refractivity contribution is 5.31. The van der Waals surface area contributed by atoms with Crippen molar-refractivity contribution in [1.29, 1.82) is 0 Å². The van der Waals surface area contributed by atoms with Crippen LogP contribution in [0.3, 0.4) is 0 Å². The molecule has 5 nitrogen and oxygen atoms in total. The van der Waals surface area contributed by atoms with Gasteiger partial charge in [0.1, 0.15) is 0 Å². The van der Waals surface area contributed by atoms with E-state index < -0.39 is 0 Å². The van der Waals surface area contributed by atoms with Crippen molar-refractivity contribution in [2.45, 2.75) is 32.2 Å². The fraction of sp³-hybridized carbons (Fsp3) is 0.600. The summed E-state index contributed by atoms with van der Waals surface area (Å²) < 4.78 is 0. The summed E-state index contributed by atoms with van der Waals surface area (Å²) in [5.74, 6) is 0.786. The highest BCUT2D eigenvalue weighted by Crippen LogP contribution is 2.33. The Hall–Kier alpha value is -1.46. The number of anilines is 1. The largest absolute Gasteiger partial charge is 0.392 e. The first-order chi connectivity index (χ1) is 9.71. The van der Waals surface area contributed by atoms with E-state index in [9.17, 15) is 5.11 Å². The van der Waals surface area contributed by atoms with Crippen molar-refractivity contribution >= 4 is 5.95 Å². The first-order valence-electron chi connectivity index (χ1n) is 7.36. The van der Waals surface area contributed by atoms with Gasteiger partial charge in [0.05, 0.1) is 6.61 Å². The van der Waals surface area contributed by atoms with Gasteiger partial charge in [0.2, 0.25) is 5.95 Å².